The van der Waals surface area contributed by atoms with Crippen LogP contribution in [0.2, 0.25) is 0 Å². The number of nitrogens with zero attached hydrogens (tertiary/aromatic N) is 3. The minimum atomic E-state index is -4.14. The van der Waals surface area contributed by atoms with Crippen molar-refractivity contribution in [3.63, 3.8) is 0 Å². The molecule has 1 aromatic heterocycles. The van der Waals surface area contributed by atoms with Crippen LogP contribution < -0.4 is 10.0 Å². The van der Waals surface area contributed by atoms with Crippen molar-refractivity contribution in [2.24, 2.45) is 5.73 Å². The van der Waals surface area contributed by atoms with Crippen LogP contribution in [0.25, 0.3) is 11.0 Å². The van der Waals surface area contributed by atoms with Crippen LogP contribution >= 0.6 is 0 Å². The van der Waals surface area contributed by atoms with Crippen LogP contribution in [0.15, 0.2) is 108 Å². The van der Waals surface area contributed by atoms with Crippen molar-refractivity contribution in [2.45, 2.75) is 17.9 Å². The lowest BCUT2D eigenvalue weighted by Crippen LogP contribution is -2.35. The smallest absolute Gasteiger partial charge is 0.324 e. The first kappa shape index (κ1) is 26.6. The number of carboxylic acids is 1. The van der Waals surface area contributed by atoms with Crippen molar-refractivity contribution in [1.82, 2.24) is 9.55 Å². The zero-order chi connectivity index (χ0) is 28.3. The molecule has 0 unspecified atom stereocenters. The zero-order valence-electron chi connectivity index (χ0n) is 21.4. The number of sulfonamides is 1. The Morgan fingerprint density at radius 2 is 1.55 bits per heavy atom. The Morgan fingerprint density at radius 1 is 0.900 bits per heavy atom. The molecule has 4 N–H and O–H groups in total. The number of anilines is 1. The average Bonchev–Trinajstić information content (AvgIpc) is 3.28. The number of carbonyl (C=O) groups is 1. The monoisotopic (exact) mass is 553 g/mol. The lowest BCUT2D eigenvalue weighted by Gasteiger charge is -2.22. The SMILES string of the molecule is N=C(N)c1ccc(Cc2nc3cc(N(CC(=O)O)S(=O)(=O)c4ccccc4)ccc3n2Cc2ccccc2)cc1. The van der Waals surface area contributed by atoms with Gasteiger partial charge in [-0.2, -0.15) is 0 Å². The molecule has 0 aliphatic heterocycles. The molecule has 0 amide bonds. The van der Waals surface area contributed by atoms with Crippen LogP contribution in [-0.2, 0) is 27.8 Å². The first-order valence-corrected chi connectivity index (χ1v) is 13.9. The highest BCUT2D eigenvalue weighted by Gasteiger charge is 2.27. The maximum Gasteiger partial charge on any atom is 0.324 e. The summed E-state index contributed by atoms with van der Waals surface area (Å²) in [7, 11) is -4.14. The van der Waals surface area contributed by atoms with E-state index in [2.05, 4.69) is 4.57 Å². The van der Waals surface area contributed by atoms with E-state index in [1.165, 1.54) is 12.1 Å². The summed E-state index contributed by atoms with van der Waals surface area (Å²) in [5.74, 6) is -0.530. The normalized spacial score (nSPS) is 11.4. The van der Waals surface area contributed by atoms with Gasteiger partial charge in [-0.1, -0.05) is 72.8 Å². The molecule has 0 fully saturated rings. The largest absolute Gasteiger partial charge is 0.480 e. The Balaban J connectivity index is 1.60. The number of hydrogen-bond donors (Lipinski definition) is 3. The predicted octanol–water partition coefficient (Wildman–Crippen LogP) is 4.24. The number of benzene rings is 4. The number of nitrogens with two attached hydrogens (primary N) is 1. The second-order valence-electron chi connectivity index (χ2n) is 9.28. The molecule has 1 heterocycles. The third-order valence-corrected chi connectivity index (χ3v) is 8.31. The molecule has 0 atom stereocenters. The number of hydrogen-bond acceptors (Lipinski definition) is 5. The molecular weight excluding hydrogens is 526 g/mol. The van der Waals surface area contributed by atoms with Crippen molar-refractivity contribution >= 4 is 38.5 Å². The van der Waals surface area contributed by atoms with Gasteiger partial charge in [-0.3, -0.25) is 14.5 Å². The predicted molar refractivity (Wildman–Crippen MR) is 154 cm³/mol. The van der Waals surface area contributed by atoms with Crippen molar-refractivity contribution < 1.29 is 18.3 Å². The standard InChI is InChI=1S/C30H27N5O4S/c31-30(32)23-13-11-21(12-14-23)17-28-33-26-18-24(15-16-27(26)34(28)19-22-7-3-1-4-8-22)35(20-29(36)37)40(38,39)25-9-5-2-6-10-25/h1-16,18H,17,19-20H2,(H3,31,32)(H,36,37). The number of rotatable bonds is 10. The molecule has 40 heavy (non-hydrogen) atoms. The Labute approximate surface area is 231 Å². The molecule has 0 saturated carbocycles. The molecule has 0 aliphatic rings. The summed E-state index contributed by atoms with van der Waals surface area (Å²) in [4.78, 5) is 16.6. The van der Waals surface area contributed by atoms with E-state index < -0.39 is 22.5 Å². The van der Waals surface area contributed by atoms with E-state index in [4.69, 9.17) is 16.1 Å². The minimum Gasteiger partial charge on any atom is -0.480 e. The number of nitrogen functional groups attached to an aromatic ring is 1. The lowest BCUT2D eigenvalue weighted by molar-refractivity contribution is -0.135. The second-order valence-corrected chi connectivity index (χ2v) is 11.1. The van der Waals surface area contributed by atoms with Crippen molar-refractivity contribution in [1.29, 1.82) is 5.41 Å². The fourth-order valence-corrected chi connectivity index (χ4v) is 5.97. The van der Waals surface area contributed by atoms with Gasteiger partial charge in [0.25, 0.3) is 10.0 Å². The Morgan fingerprint density at radius 3 is 2.17 bits per heavy atom. The van der Waals surface area contributed by atoms with Gasteiger partial charge in [0, 0.05) is 18.5 Å². The maximum atomic E-state index is 13.4. The molecular formula is C30H27N5O4S. The topological polar surface area (TPSA) is 142 Å². The first-order valence-electron chi connectivity index (χ1n) is 12.5. The van der Waals surface area contributed by atoms with Crippen LogP contribution in [0.1, 0.15) is 22.5 Å². The average molecular weight is 554 g/mol. The summed E-state index contributed by atoms with van der Waals surface area (Å²) in [6, 6.07) is 30.0. The van der Waals surface area contributed by atoms with Crippen LogP contribution in [0, 0.1) is 5.41 Å². The van der Waals surface area contributed by atoms with E-state index in [1.807, 2.05) is 42.5 Å². The van der Waals surface area contributed by atoms with Gasteiger partial charge < -0.3 is 15.4 Å². The molecule has 10 heteroatoms. The summed E-state index contributed by atoms with van der Waals surface area (Å²) >= 11 is 0. The van der Waals surface area contributed by atoms with Crippen LogP contribution in [0.3, 0.4) is 0 Å². The van der Waals surface area contributed by atoms with Crippen molar-refractivity contribution in [3.8, 4) is 0 Å². The Hall–Kier alpha value is -4.96. The highest BCUT2D eigenvalue weighted by molar-refractivity contribution is 7.92. The third kappa shape index (κ3) is 5.57. The van der Waals surface area contributed by atoms with Gasteiger partial charge in [-0.25, -0.2) is 13.4 Å². The van der Waals surface area contributed by atoms with E-state index in [9.17, 15) is 18.3 Å². The van der Waals surface area contributed by atoms with Gasteiger partial charge in [0.15, 0.2) is 0 Å². The van der Waals surface area contributed by atoms with Crippen LogP contribution in [0.4, 0.5) is 5.69 Å². The fourth-order valence-electron chi connectivity index (χ4n) is 4.54. The van der Waals surface area contributed by atoms with E-state index in [0.717, 1.165) is 26.8 Å². The molecule has 5 aromatic rings. The van der Waals surface area contributed by atoms with E-state index in [1.54, 1.807) is 48.5 Å². The fraction of sp³-hybridized carbons (Fsp3) is 0.100. The summed E-state index contributed by atoms with van der Waals surface area (Å²) in [5, 5.41) is 17.2. The maximum absolute atomic E-state index is 13.4. The number of aromatic nitrogens is 2. The number of aliphatic carboxylic acids is 1. The molecule has 9 nitrogen and oxygen atoms in total. The van der Waals surface area contributed by atoms with Gasteiger partial charge in [0.05, 0.1) is 21.6 Å². The number of carboxylic acid groups (broad SMARTS) is 1. The van der Waals surface area contributed by atoms with Gasteiger partial charge in [0.1, 0.15) is 18.2 Å². The summed E-state index contributed by atoms with van der Waals surface area (Å²) in [6.07, 6.45) is 0.482. The van der Waals surface area contributed by atoms with Gasteiger partial charge >= 0.3 is 5.97 Å². The highest BCUT2D eigenvalue weighted by atomic mass is 32.2. The van der Waals surface area contributed by atoms with E-state index in [-0.39, 0.29) is 16.4 Å². The summed E-state index contributed by atoms with van der Waals surface area (Å²) in [5.41, 5.74) is 9.80. The van der Waals surface area contributed by atoms with Crippen LogP contribution in [-0.4, -0.2) is 41.4 Å². The van der Waals surface area contributed by atoms with E-state index >= 15 is 0 Å². The van der Waals surface area contributed by atoms with Gasteiger partial charge in [0.2, 0.25) is 0 Å². The molecule has 0 bridgehead atoms. The quantitative estimate of drug-likeness (QED) is 0.174. The number of nitrogens with one attached hydrogen (secondary N) is 1. The number of imidazole rings is 1. The third-order valence-electron chi connectivity index (χ3n) is 6.52. The summed E-state index contributed by atoms with van der Waals surface area (Å²) < 4.78 is 29.9. The second kappa shape index (κ2) is 11.0. The zero-order valence-corrected chi connectivity index (χ0v) is 22.3. The minimum absolute atomic E-state index is 0.000602. The molecule has 0 radical (unpaired) electrons. The van der Waals surface area contributed by atoms with Crippen molar-refractivity contribution in [3.05, 3.63) is 126 Å². The van der Waals surface area contributed by atoms with Crippen LogP contribution in [0.5, 0.6) is 0 Å². The molecule has 4 aromatic carbocycles. The number of amidine groups is 1. The molecule has 0 spiro atoms. The number of fused-ring (bicyclic) bond motifs is 1. The van der Waals surface area contributed by atoms with E-state index in [0.29, 0.717) is 24.0 Å². The first-order chi connectivity index (χ1) is 19.2. The highest BCUT2D eigenvalue weighted by Crippen LogP contribution is 2.29. The molecule has 5 rings (SSSR count). The molecule has 0 aliphatic carbocycles. The van der Waals surface area contributed by atoms with Crippen molar-refractivity contribution in [2.75, 3.05) is 10.8 Å². The Kier molecular flexibility index (Phi) is 7.35. The summed E-state index contributed by atoms with van der Waals surface area (Å²) in [6.45, 7) is -0.193. The Bertz CT molecular complexity index is 1790. The molecule has 202 valence electrons. The van der Waals surface area contributed by atoms with Gasteiger partial charge in [-0.05, 0) is 41.5 Å². The molecule has 0 saturated heterocycles. The van der Waals surface area contributed by atoms with Gasteiger partial charge in [-0.15, -0.1) is 0 Å². The lowest BCUT2D eigenvalue weighted by atomic mass is 10.1.